The largest absolute Gasteiger partial charge is 0.363 e. The lowest BCUT2D eigenvalue weighted by atomic mass is 10.1. The Hall–Kier alpha value is -1.40. The maximum atomic E-state index is 4.42. The van der Waals surface area contributed by atoms with Crippen molar-refractivity contribution in [1.82, 2.24) is 19.8 Å². The molecule has 6 nitrogen and oxygen atoms in total. The van der Waals surface area contributed by atoms with Crippen LogP contribution in [0.15, 0.2) is 12.4 Å². The number of piperazine rings is 1. The summed E-state index contributed by atoms with van der Waals surface area (Å²) in [4.78, 5) is 18.3. The van der Waals surface area contributed by atoms with Gasteiger partial charge >= 0.3 is 0 Å². The molecule has 0 atom stereocenters. The minimum atomic E-state index is 0.672. The molecule has 0 N–H and O–H groups in total. The Morgan fingerprint density at radius 2 is 1.77 bits per heavy atom. The van der Waals surface area contributed by atoms with Gasteiger partial charge in [0.05, 0.1) is 0 Å². The van der Waals surface area contributed by atoms with Gasteiger partial charge in [0.15, 0.2) is 0 Å². The summed E-state index contributed by atoms with van der Waals surface area (Å²) in [5.74, 6) is 2.02. The van der Waals surface area contributed by atoms with Crippen LogP contribution in [0.5, 0.6) is 0 Å². The predicted octanol–water partition coefficient (Wildman–Crippen LogP) is 0.757. The van der Waals surface area contributed by atoms with Gasteiger partial charge in [-0.25, -0.2) is 9.97 Å². The van der Waals surface area contributed by atoms with Gasteiger partial charge in [-0.05, 0) is 13.8 Å². The normalized spacial score (nSPS) is 21.2. The maximum absolute atomic E-state index is 4.42. The van der Waals surface area contributed by atoms with Crippen molar-refractivity contribution >= 4 is 11.6 Å². The second-order valence-electron chi connectivity index (χ2n) is 6.85. The maximum Gasteiger partial charge on any atom is 0.134 e. The molecule has 0 radical (unpaired) electrons. The average molecular weight is 304 g/mol. The van der Waals surface area contributed by atoms with Crippen molar-refractivity contribution in [2.24, 2.45) is 0 Å². The molecule has 0 aliphatic carbocycles. The molecule has 0 saturated carbocycles. The predicted molar refractivity (Wildman–Crippen MR) is 90.6 cm³/mol. The number of hydrogen-bond donors (Lipinski definition) is 0. The van der Waals surface area contributed by atoms with Gasteiger partial charge in [0, 0.05) is 71.5 Å². The molecular weight excluding hydrogens is 276 g/mol. The second kappa shape index (κ2) is 6.38. The Balaban J connectivity index is 1.51. The average Bonchev–Trinajstić information content (AvgIpc) is 2.46. The van der Waals surface area contributed by atoms with E-state index in [-0.39, 0.29) is 0 Å². The summed E-state index contributed by atoms with van der Waals surface area (Å²) in [5.41, 5.74) is 0. The SMILES string of the molecule is CC(C)N1CCN(C2CN(c3cc(N(C)C)ncn3)C2)CC1. The van der Waals surface area contributed by atoms with E-state index in [0.29, 0.717) is 12.1 Å². The minimum absolute atomic E-state index is 0.672. The van der Waals surface area contributed by atoms with E-state index in [1.807, 2.05) is 19.0 Å². The molecule has 6 heteroatoms. The lowest BCUT2D eigenvalue weighted by molar-refractivity contribution is 0.0676. The van der Waals surface area contributed by atoms with Crippen LogP contribution in [0.1, 0.15) is 13.8 Å². The molecule has 2 aliphatic rings. The lowest BCUT2D eigenvalue weighted by Crippen LogP contribution is -2.63. The fourth-order valence-corrected chi connectivity index (χ4v) is 3.25. The molecule has 2 saturated heterocycles. The highest BCUT2D eigenvalue weighted by atomic mass is 15.4. The van der Waals surface area contributed by atoms with E-state index in [2.05, 4.69) is 44.6 Å². The quantitative estimate of drug-likeness (QED) is 0.818. The summed E-state index contributed by atoms with van der Waals surface area (Å²) in [5, 5.41) is 0. The molecule has 0 spiro atoms. The van der Waals surface area contributed by atoms with Gasteiger partial charge in [-0.3, -0.25) is 9.80 Å². The van der Waals surface area contributed by atoms with Crippen LogP contribution >= 0.6 is 0 Å². The first-order chi connectivity index (χ1) is 10.5. The van der Waals surface area contributed by atoms with Gasteiger partial charge in [-0.15, -0.1) is 0 Å². The second-order valence-corrected chi connectivity index (χ2v) is 6.85. The highest BCUT2D eigenvalue weighted by molar-refractivity contribution is 5.51. The molecule has 0 amide bonds. The van der Waals surface area contributed by atoms with Crippen LogP contribution in [0.2, 0.25) is 0 Å². The van der Waals surface area contributed by atoms with E-state index < -0.39 is 0 Å². The number of nitrogens with zero attached hydrogens (tertiary/aromatic N) is 6. The first-order valence-corrected chi connectivity index (χ1v) is 8.27. The van der Waals surface area contributed by atoms with E-state index in [0.717, 1.165) is 24.7 Å². The van der Waals surface area contributed by atoms with E-state index >= 15 is 0 Å². The lowest BCUT2D eigenvalue weighted by Gasteiger charge is -2.49. The number of anilines is 2. The molecule has 2 aliphatic heterocycles. The van der Waals surface area contributed by atoms with E-state index in [4.69, 9.17) is 0 Å². The summed E-state index contributed by atoms with van der Waals surface area (Å²) >= 11 is 0. The molecule has 3 rings (SSSR count). The van der Waals surface area contributed by atoms with Crippen molar-refractivity contribution in [3.05, 3.63) is 12.4 Å². The van der Waals surface area contributed by atoms with Crippen molar-refractivity contribution in [3.8, 4) is 0 Å². The van der Waals surface area contributed by atoms with Crippen molar-refractivity contribution in [2.75, 3.05) is 63.2 Å². The third-order valence-corrected chi connectivity index (χ3v) is 4.88. The summed E-state index contributed by atoms with van der Waals surface area (Å²) in [6.45, 7) is 11.6. The van der Waals surface area contributed by atoms with Crippen molar-refractivity contribution in [2.45, 2.75) is 25.9 Å². The van der Waals surface area contributed by atoms with Crippen molar-refractivity contribution in [3.63, 3.8) is 0 Å². The zero-order valence-corrected chi connectivity index (χ0v) is 14.2. The molecule has 0 aromatic carbocycles. The van der Waals surface area contributed by atoms with Crippen LogP contribution in [-0.2, 0) is 0 Å². The molecule has 3 heterocycles. The van der Waals surface area contributed by atoms with Gasteiger partial charge in [0.1, 0.15) is 18.0 Å². The summed E-state index contributed by atoms with van der Waals surface area (Å²) in [7, 11) is 4.03. The third-order valence-electron chi connectivity index (χ3n) is 4.88. The Labute approximate surface area is 133 Å². The number of hydrogen-bond acceptors (Lipinski definition) is 6. The minimum Gasteiger partial charge on any atom is -0.363 e. The Morgan fingerprint density at radius 1 is 1.09 bits per heavy atom. The van der Waals surface area contributed by atoms with Crippen LogP contribution in [0.4, 0.5) is 11.6 Å². The molecule has 22 heavy (non-hydrogen) atoms. The Bertz CT molecular complexity index is 489. The topological polar surface area (TPSA) is 38.7 Å². The standard InChI is InChI=1S/C16H28N6/c1-13(2)20-5-7-21(8-6-20)14-10-22(11-14)16-9-15(19(3)4)17-12-18-16/h9,12-14H,5-8,10-11H2,1-4H3. The van der Waals surface area contributed by atoms with Gasteiger partial charge in [-0.1, -0.05) is 0 Å². The highest BCUT2D eigenvalue weighted by Crippen LogP contribution is 2.24. The fourth-order valence-electron chi connectivity index (χ4n) is 3.25. The third kappa shape index (κ3) is 3.17. The van der Waals surface area contributed by atoms with Gasteiger partial charge < -0.3 is 9.80 Å². The molecule has 1 aromatic heterocycles. The Morgan fingerprint density at radius 3 is 2.36 bits per heavy atom. The molecular formula is C16H28N6. The number of aromatic nitrogens is 2. The van der Waals surface area contributed by atoms with Crippen LogP contribution in [-0.4, -0.2) is 85.2 Å². The summed E-state index contributed by atoms with van der Waals surface area (Å²) < 4.78 is 0. The summed E-state index contributed by atoms with van der Waals surface area (Å²) in [6, 6.07) is 3.44. The fraction of sp³-hybridized carbons (Fsp3) is 0.750. The van der Waals surface area contributed by atoms with Crippen LogP contribution in [0.3, 0.4) is 0 Å². The summed E-state index contributed by atoms with van der Waals surface area (Å²) in [6.07, 6.45) is 1.67. The van der Waals surface area contributed by atoms with Gasteiger partial charge in [-0.2, -0.15) is 0 Å². The Kier molecular flexibility index (Phi) is 4.49. The molecule has 2 fully saturated rings. The van der Waals surface area contributed by atoms with E-state index in [1.165, 1.54) is 26.2 Å². The van der Waals surface area contributed by atoms with Crippen LogP contribution < -0.4 is 9.80 Å². The molecule has 122 valence electrons. The smallest absolute Gasteiger partial charge is 0.134 e. The number of rotatable bonds is 4. The van der Waals surface area contributed by atoms with Crippen molar-refractivity contribution < 1.29 is 0 Å². The molecule has 1 aromatic rings. The van der Waals surface area contributed by atoms with Gasteiger partial charge in [0.2, 0.25) is 0 Å². The van der Waals surface area contributed by atoms with E-state index in [1.54, 1.807) is 6.33 Å². The monoisotopic (exact) mass is 304 g/mol. The first kappa shape index (κ1) is 15.5. The zero-order valence-electron chi connectivity index (χ0n) is 14.2. The van der Waals surface area contributed by atoms with E-state index in [9.17, 15) is 0 Å². The van der Waals surface area contributed by atoms with Crippen molar-refractivity contribution in [1.29, 1.82) is 0 Å². The molecule has 0 bridgehead atoms. The van der Waals surface area contributed by atoms with Gasteiger partial charge in [0.25, 0.3) is 0 Å². The zero-order chi connectivity index (χ0) is 15.7. The molecule has 0 unspecified atom stereocenters. The van der Waals surface area contributed by atoms with Crippen LogP contribution in [0, 0.1) is 0 Å². The highest BCUT2D eigenvalue weighted by Gasteiger charge is 2.34. The van der Waals surface area contributed by atoms with Crippen LogP contribution in [0.25, 0.3) is 0 Å². The first-order valence-electron chi connectivity index (χ1n) is 8.27.